The molecule has 2 aromatic heterocycles. The third-order valence-electron chi connectivity index (χ3n) is 5.24. The molecular formula is C19H25N5O4. The fraction of sp³-hybridized carbons (Fsp3) is 0.526. The molecule has 0 atom stereocenters. The van der Waals surface area contributed by atoms with E-state index >= 15 is 0 Å². The number of carbonyl (C=O) groups excluding carboxylic acids is 2. The van der Waals surface area contributed by atoms with E-state index in [2.05, 4.69) is 10.1 Å². The van der Waals surface area contributed by atoms with Gasteiger partial charge in [0.2, 0.25) is 5.91 Å². The van der Waals surface area contributed by atoms with Gasteiger partial charge in [0.05, 0.1) is 29.1 Å². The predicted octanol–water partition coefficient (Wildman–Crippen LogP) is 0.980. The van der Waals surface area contributed by atoms with Crippen molar-refractivity contribution in [3.8, 4) is 0 Å². The SMILES string of the molecule is Cc1cc(C(=O)N(C)CC(=O)N2CCC(C(=O)O)CC2)c2c(C)nn(C)c2n1. The number of amides is 2. The summed E-state index contributed by atoms with van der Waals surface area (Å²) in [5.74, 6) is -1.65. The summed E-state index contributed by atoms with van der Waals surface area (Å²) < 4.78 is 1.65. The van der Waals surface area contributed by atoms with Crippen LogP contribution in [0.1, 0.15) is 34.6 Å². The lowest BCUT2D eigenvalue weighted by Gasteiger charge is -2.31. The average Bonchev–Trinajstić information content (AvgIpc) is 2.94. The lowest BCUT2D eigenvalue weighted by atomic mass is 9.97. The number of carbonyl (C=O) groups is 3. The van der Waals surface area contributed by atoms with E-state index in [-0.39, 0.29) is 18.4 Å². The maximum atomic E-state index is 13.0. The van der Waals surface area contributed by atoms with Crippen LogP contribution in [0.3, 0.4) is 0 Å². The number of nitrogens with zero attached hydrogens (tertiary/aromatic N) is 5. The zero-order chi connectivity index (χ0) is 20.6. The van der Waals surface area contributed by atoms with Gasteiger partial charge in [-0.25, -0.2) is 4.98 Å². The fourth-order valence-electron chi connectivity index (χ4n) is 3.69. The van der Waals surface area contributed by atoms with Crippen molar-refractivity contribution in [1.82, 2.24) is 24.6 Å². The molecule has 3 heterocycles. The quantitative estimate of drug-likeness (QED) is 0.838. The lowest BCUT2D eigenvalue weighted by molar-refractivity contribution is -0.145. The van der Waals surface area contributed by atoms with Crippen LogP contribution in [0, 0.1) is 19.8 Å². The van der Waals surface area contributed by atoms with Crippen molar-refractivity contribution in [2.24, 2.45) is 13.0 Å². The van der Waals surface area contributed by atoms with Gasteiger partial charge in [-0.05, 0) is 32.8 Å². The number of hydrogen-bond acceptors (Lipinski definition) is 5. The van der Waals surface area contributed by atoms with Gasteiger partial charge in [0.15, 0.2) is 5.65 Å². The Morgan fingerprint density at radius 2 is 1.89 bits per heavy atom. The van der Waals surface area contributed by atoms with Crippen molar-refractivity contribution >= 4 is 28.8 Å². The summed E-state index contributed by atoms with van der Waals surface area (Å²) in [4.78, 5) is 44.2. The summed E-state index contributed by atoms with van der Waals surface area (Å²) in [6.45, 7) is 4.39. The molecule has 150 valence electrons. The van der Waals surface area contributed by atoms with Gasteiger partial charge in [-0.1, -0.05) is 0 Å². The molecule has 1 N–H and O–H groups in total. The van der Waals surface area contributed by atoms with Crippen LogP contribution in [0.5, 0.6) is 0 Å². The van der Waals surface area contributed by atoms with Crippen molar-refractivity contribution in [2.45, 2.75) is 26.7 Å². The molecule has 0 aliphatic carbocycles. The Labute approximate surface area is 162 Å². The average molecular weight is 387 g/mol. The molecule has 2 aromatic rings. The number of rotatable bonds is 4. The van der Waals surface area contributed by atoms with E-state index in [1.807, 2.05) is 13.8 Å². The molecule has 0 aromatic carbocycles. The number of fused-ring (bicyclic) bond motifs is 1. The second-order valence-electron chi connectivity index (χ2n) is 7.37. The van der Waals surface area contributed by atoms with E-state index in [4.69, 9.17) is 5.11 Å². The minimum Gasteiger partial charge on any atom is -0.481 e. The highest BCUT2D eigenvalue weighted by Crippen LogP contribution is 2.23. The Hall–Kier alpha value is -2.97. The number of aryl methyl sites for hydroxylation is 3. The van der Waals surface area contributed by atoms with Gasteiger partial charge in [-0.3, -0.25) is 19.1 Å². The van der Waals surface area contributed by atoms with Crippen LogP contribution in [-0.4, -0.2) is 74.1 Å². The topological polar surface area (TPSA) is 109 Å². The molecule has 0 bridgehead atoms. The van der Waals surface area contributed by atoms with Crippen molar-refractivity contribution in [2.75, 3.05) is 26.7 Å². The van der Waals surface area contributed by atoms with Crippen LogP contribution in [0.15, 0.2) is 6.07 Å². The molecule has 1 fully saturated rings. The first-order valence-electron chi connectivity index (χ1n) is 9.26. The first-order chi connectivity index (χ1) is 13.2. The Kier molecular flexibility index (Phi) is 5.35. The van der Waals surface area contributed by atoms with E-state index in [0.29, 0.717) is 53.9 Å². The highest BCUT2D eigenvalue weighted by Gasteiger charge is 2.28. The molecule has 0 saturated carbocycles. The molecule has 9 heteroatoms. The number of pyridine rings is 1. The highest BCUT2D eigenvalue weighted by molar-refractivity contribution is 6.07. The molecule has 1 aliphatic heterocycles. The summed E-state index contributed by atoms with van der Waals surface area (Å²) in [6, 6.07) is 1.72. The summed E-state index contributed by atoms with van der Waals surface area (Å²) in [6.07, 6.45) is 0.884. The summed E-state index contributed by atoms with van der Waals surface area (Å²) in [5, 5.41) is 14.1. The lowest BCUT2D eigenvalue weighted by Crippen LogP contribution is -2.45. The molecule has 3 rings (SSSR count). The van der Waals surface area contributed by atoms with E-state index in [0.717, 1.165) is 0 Å². The maximum Gasteiger partial charge on any atom is 0.306 e. The van der Waals surface area contributed by atoms with Crippen LogP contribution in [0.25, 0.3) is 11.0 Å². The van der Waals surface area contributed by atoms with Gasteiger partial charge in [-0.2, -0.15) is 5.10 Å². The second-order valence-corrected chi connectivity index (χ2v) is 7.37. The number of aliphatic carboxylic acids is 1. The standard InChI is InChI=1S/C19H25N5O4/c1-11-9-14(16-12(2)21-23(4)17(16)20-11)18(26)22(3)10-15(25)24-7-5-13(6-8-24)19(27)28/h9,13H,5-8,10H2,1-4H3,(H,27,28). The summed E-state index contributed by atoms with van der Waals surface area (Å²) >= 11 is 0. The summed E-state index contributed by atoms with van der Waals surface area (Å²) in [7, 11) is 3.38. The van der Waals surface area contributed by atoms with Crippen LogP contribution in [0.4, 0.5) is 0 Å². The van der Waals surface area contributed by atoms with Gasteiger partial charge in [0.25, 0.3) is 5.91 Å². The third-order valence-corrected chi connectivity index (χ3v) is 5.24. The van der Waals surface area contributed by atoms with E-state index in [9.17, 15) is 14.4 Å². The minimum atomic E-state index is -0.816. The molecule has 1 aliphatic rings. The molecule has 9 nitrogen and oxygen atoms in total. The Morgan fingerprint density at radius 1 is 1.25 bits per heavy atom. The largest absolute Gasteiger partial charge is 0.481 e. The van der Waals surface area contributed by atoms with Crippen molar-refractivity contribution in [3.05, 3.63) is 23.0 Å². The Morgan fingerprint density at radius 3 is 2.50 bits per heavy atom. The van der Waals surface area contributed by atoms with Gasteiger partial charge in [0, 0.05) is 32.9 Å². The third kappa shape index (κ3) is 3.69. The molecule has 28 heavy (non-hydrogen) atoms. The zero-order valence-electron chi connectivity index (χ0n) is 16.6. The van der Waals surface area contributed by atoms with Crippen LogP contribution in [0.2, 0.25) is 0 Å². The van der Waals surface area contributed by atoms with Gasteiger partial charge < -0.3 is 14.9 Å². The molecule has 1 saturated heterocycles. The molecule has 0 radical (unpaired) electrons. The van der Waals surface area contributed by atoms with E-state index < -0.39 is 11.9 Å². The number of carboxylic acids is 1. The van der Waals surface area contributed by atoms with E-state index in [1.165, 1.54) is 4.90 Å². The van der Waals surface area contributed by atoms with Gasteiger partial charge in [-0.15, -0.1) is 0 Å². The highest BCUT2D eigenvalue weighted by atomic mass is 16.4. The van der Waals surface area contributed by atoms with Crippen molar-refractivity contribution in [3.63, 3.8) is 0 Å². The number of hydrogen-bond donors (Lipinski definition) is 1. The molecule has 2 amide bonds. The number of likely N-dealkylation sites (tertiary alicyclic amines) is 1. The second kappa shape index (κ2) is 7.57. The normalized spacial score (nSPS) is 15.1. The van der Waals surface area contributed by atoms with Crippen LogP contribution in [-0.2, 0) is 16.6 Å². The number of aromatic nitrogens is 3. The predicted molar refractivity (Wildman–Crippen MR) is 102 cm³/mol. The molecule has 0 spiro atoms. The Bertz CT molecular complexity index is 943. The first-order valence-corrected chi connectivity index (χ1v) is 9.26. The first kappa shape index (κ1) is 19.8. The number of carboxylic acid groups (broad SMARTS) is 1. The monoisotopic (exact) mass is 387 g/mol. The Balaban J connectivity index is 1.74. The van der Waals surface area contributed by atoms with Crippen molar-refractivity contribution < 1.29 is 19.5 Å². The maximum absolute atomic E-state index is 13.0. The zero-order valence-corrected chi connectivity index (χ0v) is 16.6. The summed E-state index contributed by atoms with van der Waals surface area (Å²) in [5.41, 5.74) is 2.53. The van der Waals surface area contributed by atoms with E-state index in [1.54, 1.807) is 29.7 Å². The smallest absolute Gasteiger partial charge is 0.306 e. The number of piperidine rings is 1. The number of likely N-dealkylation sites (N-methyl/N-ethyl adjacent to an activating group) is 1. The minimum absolute atomic E-state index is 0.0568. The van der Waals surface area contributed by atoms with Gasteiger partial charge >= 0.3 is 5.97 Å². The fourth-order valence-corrected chi connectivity index (χ4v) is 3.69. The molecular weight excluding hydrogens is 362 g/mol. The molecule has 0 unspecified atom stereocenters. The van der Waals surface area contributed by atoms with Crippen LogP contribution >= 0.6 is 0 Å². The van der Waals surface area contributed by atoms with Crippen molar-refractivity contribution in [1.29, 1.82) is 0 Å². The van der Waals surface area contributed by atoms with Crippen LogP contribution < -0.4 is 0 Å². The van der Waals surface area contributed by atoms with Gasteiger partial charge in [0.1, 0.15) is 0 Å².